The highest BCUT2D eigenvalue weighted by Gasteiger charge is 2.16. The molecular formula is C21H22FN5O3S. The third-order valence-electron chi connectivity index (χ3n) is 4.31. The molecule has 0 spiro atoms. The Labute approximate surface area is 183 Å². The van der Waals surface area contributed by atoms with Crippen LogP contribution in [0, 0.1) is 5.82 Å². The van der Waals surface area contributed by atoms with Gasteiger partial charge in [0.25, 0.3) is 0 Å². The summed E-state index contributed by atoms with van der Waals surface area (Å²) in [6.45, 7) is 4.12. The summed E-state index contributed by atoms with van der Waals surface area (Å²) in [5.41, 5.74) is 1.37. The Morgan fingerprint density at radius 1 is 1.23 bits per heavy atom. The van der Waals surface area contributed by atoms with Crippen molar-refractivity contribution in [2.45, 2.75) is 25.4 Å². The van der Waals surface area contributed by atoms with E-state index in [-0.39, 0.29) is 23.0 Å². The molecule has 2 aromatic carbocycles. The maximum Gasteiger partial charge on any atom is 0.216 e. The zero-order valence-electron chi connectivity index (χ0n) is 17.2. The molecule has 0 saturated heterocycles. The SMILES string of the molecule is CCOc1ccccc1-n1nnnc1SCC(=O)c1ccc(CCNC(C)=O)c(F)c1. The van der Waals surface area contributed by atoms with Crippen molar-refractivity contribution < 1.29 is 18.7 Å². The zero-order valence-corrected chi connectivity index (χ0v) is 18.0. The first-order chi connectivity index (χ1) is 15.0. The second-order valence-electron chi connectivity index (χ2n) is 6.53. The van der Waals surface area contributed by atoms with Gasteiger partial charge >= 0.3 is 0 Å². The van der Waals surface area contributed by atoms with Crippen LogP contribution in [0.1, 0.15) is 29.8 Å². The summed E-state index contributed by atoms with van der Waals surface area (Å²) < 4.78 is 21.5. The standard InChI is InChI=1S/C21H22FN5O3S/c1-3-30-20-7-5-4-6-18(20)27-21(24-25-26-27)31-13-19(29)16-9-8-15(17(22)12-16)10-11-23-14(2)28/h4-9,12H,3,10-11,13H2,1-2H3,(H,23,28). The van der Waals surface area contributed by atoms with Crippen molar-refractivity contribution in [3.05, 3.63) is 59.4 Å². The lowest BCUT2D eigenvalue weighted by molar-refractivity contribution is -0.118. The Morgan fingerprint density at radius 3 is 2.77 bits per heavy atom. The number of carbonyl (C=O) groups excluding carboxylic acids is 2. The minimum atomic E-state index is -0.475. The van der Waals surface area contributed by atoms with Gasteiger partial charge in [0, 0.05) is 19.0 Å². The van der Waals surface area contributed by atoms with Crippen molar-refractivity contribution in [3.63, 3.8) is 0 Å². The third kappa shape index (κ3) is 5.88. The van der Waals surface area contributed by atoms with Crippen molar-refractivity contribution in [1.29, 1.82) is 0 Å². The van der Waals surface area contributed by atoms with Crippen LogP contribution >= 0.6 is 11.8 Å². The molecule has 10 heteroatoms. The third-order valence-corrected chi connectivity index (χ3v) is 5.23. The van der Waals surface area contributed by atoms with Crippen molar-refractivity contribution in [2.75, 3.05) is 18.9 Å². The molecular weight excluding hydrogens is 421 g/mol. The summed E-state index contributed by atoms with van der Waals surface area (Å²) in [7, 11) is 0. The number of thioether (sulfide) groups is 1. The minimum absolute atomic E-state index is 0.0435. The first-order valence-corrected chi connectivity index (χ1v) is 10.7. The van der Waals surface area contributed by atoms with Gasteiger partial charge in [0.05, 0.1) is 12.4 Å². The van der Waals surface area contributed by atoms with Crippen LogP contribution in [0.2, 0.25) is 0 Å². The topological polar surface area (TPSA) is 99.0 Å². The zero-order chi connectivity index (χ0) is 22.2. The number of ether oxygens (including phenoxy) is 1. The summed E-state index contributed by atoms with van der Waals surface area (Å²) in [5, 5.41) is 14.7. The van der Waals surface area contributed by atoms with Gasteiger partial charge in [-0.25, -0.2) is 4.39 Å². The van der Waals surface area contributed by atoms with E-state index in [1.54, 1.807) is 12.1 Å². The molecule has 0 bridgehead atoms. The predicted molar refractivity (Wildman–Crippen MR) is 114 cm³/mol. The van der Waals surface area contributed by atoms with E-state index >= 15 is 0 Å². The van der Waals surface area contributed by atoms with Crippen LogP contribution in [0.3, 0.4) is 0 Å². The van der Waals surface area contributed by atoms with E-state index in [1.165, 1.54) is 17.7 Å². The average Bonchev–Trinajstić information content (AvgIpc) is 3.22. The number of hydrogen-bond acceptors (Lipinski definition) is 7. The Morgan fingerprint density at radius 2 is 2.03 bits per heavy atom. The molecule has 0 atom stereocenters. The number of rotatable bonds is 10. The number of tetrazole rings is 1. The largest absolute Gasteiger partial charge is 0.492 e. The molecule has 0 saturated carbocycles. The van der Waals surface area contributed by atoms with E-state index in [0.29, 0.717) is 41.7 Å². The van der Waals surface area contributed by atoms with E-state index in [1.807, 2.05) is 31.2 Å². The first-order valence-electron chi connectivity index (χ1n) is 9.69. The number of nitrogens with one attached hydrogen (secondary N) is 1. The van der Waals surface area contributed by atoms with Gasteiger partial charge in [-0.05, 0) is 47.5 Å². The van der Waals surface area contributed by atoms with Gasteiger partial charge in [0.15, 0.2) is 5.78 Å². The van der Waals surface area contributed by atoms with Crippen molar-refractivity contribution >= 4 is 23.5 Å². The van der Waals surface area contributed by atoms with Crippen molar-refractivity contribution in [3.8, 4) is 11.4 Å². The quantitative estimate of drug-likeness (QED) is 0.380. The molecule has 0 unspecified atom stereocenters. The van der Waals surface area contributed by atoms with Gasteiger partial charge in [-0.1, -0.05) is 36.0 Å². The number of aromatic nitrogens is 4. The molecule has 0 fully saturated rings. The number of nitrogens with zero attached hydrogens (tertiary/aromatic N) is 4. The number of benzene rings is 2. The number of para-hydroxylation sites is 2. The second-order valence-corrected chi connectivity index (χ2v) is 7.47. The van der Waals surface area contributed by atoms with E-state index in [2.05, 4.69) is 20.8 Å². The number of amides is 1. The number of halogens is 1. The molecule has 0 aliphatic carbocycles. The summed E-state index contributed by atoms with van der Waals surface area (Å²) in [6, 6.07) is 11.7. The molecule has 8 nitrogen and oxygen atoms in total. The summed E-state index contributed by atoms with van der Waals surface area (Å²) in [6.07, 6.45) is 0.350. The Kier molecular flexibility index (Phi) is 7.71. The molecule has 3 aromatic rings. The smallest absolute Gasteiger partial charge is 0.216 e. The summed E-state index contributed by atoms with van der Waals surface area (Å²) in [4.78, 5) is 23.5. The Hall–Kier alpha value is -3.27. The minimum Gasteiger partial charge on any atom is -0.492 e. The van der Waals surface area contributed by atoms with Gasteiger partial charge in [-0.3, -0.25) is 9.59 Å². The molecule has 1 aromatic heterocycles. The second kappa shape index (κ2) is 10.7. The van der Waals surface area contributed by atoms with Crippen LogP contribution in [0.15, 0.2) is 47.6 Å². The van der Waals surface area contributed by atoms with Crippen LogP contribution in [0.5, 0.6) is 5.75 Å². The fourth-order valence-electron chi connectivity index (χ4n) is 2.84. The maximum atomic E-state index is 14.3. The lowest BCUT2D eigenvalue weighted by atomic mass is 10.1. The highest BCUT2D eigenvalue weighted by molar-refractivity contribution is 7.99. The van der Waals surface area contributed by atoms with E-state index < -0.39 is 5.82 Å². The Bertz CT molecular complexity index is 1070. The monoisotopic (exact) mass is 443 g/mol. The molecule has 1 N–H and O–H groups in total. The predicted octanol–water partition coefficient (Wildman–Crippen LogP) is 2.85. The van der Waals surface area contributed by atoms with Crippen LogP contribution in [-0.2, 0) is 11.2 Å². The molecule has 0 aliphatic heterocycles. The molecule has 0 aliphatic rings. The van der Waals surface area contributed by atoms with Gasteiger partial charge in [0.2, 0.25) is 11.1 Å². The average molecular weight is 444 g/mol. The van der Waals surface area contributed by atoms with Gasteiger partial charge < -0.3 is 10.1 Å². The van der Waals surface area contributed by atoms with Gasteiger partial charge in [-0.2, -0.15) is 4.68 Å². The van der Waals surface area contributed by atoms with Crippen LogP contribution in [-0.4, -0.2) is 50.8 Å². The van der Waals surface area contributed by atoms with Gasteiger partial charge in [-0.15, -0.1) is 5.10 Å². The number of Topliss-reactive ketones (excluding diaryl/α,β-unsaturated/α-hetero) is 1. The highest BCUT2D eigenvalue weighted by atomic mass is 32.2. The molecule has 3 rings (SSSR count). The van der Waals surface area contributed by atoms with Crippen molar-refractivity contribution in [2.24, 2.45) is 0 Å². The number of hydrogen-bond donors (Lipinski definition) is 1. The molecule has 1 heterocycles. The first kappa shape index (κ1) is 22.4. The maximum absolute atomic E-state index is 14.3. The lowest BCUT2D eigenvalue weighted by Crippen LogP contribution is -2.22. The van der Waals surface area contributed by atoms with E-state index in [9.17, 15) is 14.0 Å². The number of carbonyl (C=O) groups is 2. The van der Waals surface area contributed by atoms with E-state index in [4.69, 9.17) is 4.74 Å². The molecule has 162 valence electrons. The summed E-state index contributed by atoms with van der Waals surface area (Å²) in [5.74, 6) is -0.221. The molecule has 0 radical (unpaired) electrons. The van der Waals surface area contributed by atoms with Crippen LogP contribution in [0.25, 0.3) is 5.69 Å². The highest BCUT2D eigenvalue weighted by Crippen LogP contribution is 2.26. The molecule has 31 heavy (non-hydrogen) atoms. The van der Waals surface area contributed by atoms with Crippen LogP contribution in [0.4, 0.5) is 4.39 Å². The van der Waals surface area contributed by atoms with Crippen LogP contribution < -0.4 is 10.1 Å². The number of ketones is 1. The van der Waals surface area contributed by atoms with Gasteiger partial charge in [0.1, 0.15) is 17.3 Å². The summed E-state index contributed by atoms with van der Waals surface area (Å²) >= 11 is 1.16. The fourth-order valence-corrected chi connectivity index (χ4v) is 3.62. The fraction of sp³-hybridized carbons (Fsp3) is 0.286. The Balaban J connectivity index is 1.67. The van der Waals surface area contributed by atoms with E-state index in [0.717, 1.165) is 11.8 Å². The normalized spacial score (nSPS) is 10.7. The lowest BCUT2D eigenvalue weighted by Gasteiger charge is -2.10. The van der Waals surface area contributed by atoms with Crippen molar-refractivity contribution in [1.82, 2.24) is 25.5 Å². The molecule has 1 amide bonds.